The normalized spacial score (nSPS) is 22.8. The van der Waals surface area contributed by atoms with Gasteiger partial charge < -0.3 is 9.30 Å². The van der Waals surface area contributed by atoms with Gasteiger partial charge in [0.2, 0.25) is 0 Å². The van der Waals surface area contributed by atoms with Crippen molar-refractivity contribution in [1.29, 1.82) is 0 Å². The van der Waals surface area contributed by atoms with E-state index in [2.05, 4.69) is 16.5 Å². The van der Waals surface area contributed by atoms with E-state index in [1.165, 1.54) is 5.56 Å². The van der Waals surface area contributed by atoms with Gasteiger partial charge in [0, 0.05) is 31.6 Å². The fraction of sp³-hybridized carbons (Fsp3) is 0.600. The number of alkyl halides is 1. The molecule has 5 heteroatoms. The summed E-state index contributed by atoms with van der Waals surface area (Å²) >= 11 is 5.94. The van der Waals surface area contributed by atoms with Gasteiger partial charge in [-0.1, -0.05) is 0 Å². The van der Waals surface area contributed by atoms with Gasteiger partial charge in [0.15, 0.2) is 5.65 Å². The molecule has 108 valence electrons. The zero-order chi connectivity index (χ0) is 14.1. The molecule has 0 N–H and O–H groups in total. The van der Waals surface area contributed by atoms with E-state index in [1.807, 2.05) is 12.3 Å². The van der Waals surface area contributed by atoms with E-state index in [9.17, 15) is 0 Å². The molecule has 0 bridgehead atoms. The number of halogens is 1. The molecule has 0 aromatic carbocycles. The van der Waals surface area contributed by atoms with Crippen molar-refractivity contribution in [3.63, 3.8) is 0 Å². The summed E-state index contributed by atoms with van der Waals surface area (Å²) in [4.78, 5) is 9.33. The van der Waals surface area contributed by atoms with Gasteiger partial charge in [-0.25, -0.2) is 9.97 Å². The van der Waals surface area contributed by atoms with Crippen LogP contribution in [-0.4, -0.2) is 33.6 Å². The molecular weight excluding hydrogens is 274 g/mol. The lowest BCUT2D eigenvalue weighted by molar-refractivity contribution is 0.106. The first-order valence-electron chi connectivity index (χ1n) is 7.15. The SMILES string of the molecule is COC1CCC(n2c(CCCl)nc3c(C)ccnc32)C1. The molecule has 0 spiro atoms. The molecule has 20 heavy (non-hydrogen) atoms. The number of ether oxygens (including phenoxy) is 1. The molecule has 0 amide bonds. The van der Waals surface area contributed by atoms with Crippen LogP contribution in [0.1, 0.15) is 36.7 Å². The first-order valence-corrected chi connectivity index (χ1v) is 7.69. The van der Waals surface area contributed by atoms with E-state index in [0.717, 1.165) is 42.7 Å². The highest BCUT2D eigenvalue weighted by Gasteiger charge is 2.29. The fourth-order valence-corrected chi connectivity index (χ4v) is 3.34. The summed E-state index contributed by atoms with van der Waals surface area (Å²) in [6.07, 6.45) is 6.26. The number of nitrogens with zero attached hydrogens (tertiary/aromatic N) is 3. The van der Waals surface area contributed by atoms with Crippen molar-refractivity contribution in [2.24, 2.45) is 0 Å². The largest absolute Gasteiger partial charge is 0.381 e. The summed E-state index contributed by atoms with van der Waals surface area (Å²) in [6.45, 7) is 2.08. The Morgan fingerprint density at radius 1 is 1.45 bits per heavy atom. The van der Waals surface area contributed by atoms with Crippen LogP contribution >= 0.6 is 11.6 Å². The molecule has 2 aromatic heterocycles. The molecule has 2 unspecified atom stereocenters. The maximum atomic E-state index is 5.94. The van der Waals surface area contributed by atoms with Crippen LogP contribution in [0.15, 0.2) is 12.3 Å². The maximum absolute atomic E-state index is 5.94. The first-order chi connectivity index (χ1) is 9.74. The summed E-state index contributed by atoms with van der Waals surface area (Å²) in [7, 11) is 1.79. The highest BCUT2D eigenvalue weighted by molar-refractivity contribution is 6.17. The third-order valence-corrected chi connectivity index (χ3v) is 4.42. The molecule has 1 saturated carbocycles. The molecule has 0 saturated heterocycles. The average Bonchev–Trinajstić information content (AvgIpc) is 3.03. The van der Waals surface area contributed by atoms with Crippen molar-refractivity contribution in [3.05, 3.63) is 23.7 Å². The number of aryl methyl sites for hydroxylation is 2. The molecule has 1 fully saturated rings. The van der Waals surface area contributed by atoms with E-state index < -0.39 is 0 Å². The molecule has 1 aliphatic rings. The fourth-order valence-electron chi connectivity index (χ4n) is 3.17. The first kappa shape index (κ1) is 13.8. The Balaban J connectivity index is 2.07. The monoisotopic (exact) mass is 293 g/mol. The highest BCUT2D eigenvalue weighted by Crippen LogP contribution is 2.35. The Labute approximate surface area is 124 Å². The molecular formula is C15H20ClN3O. The Bertz CT molecular complexity index is 610. The lowest BCUT2D eigenvalue weighted by atomic mass is 10.2. The predicted molar refractivity (Wildman–Crippen MR) is 80.4 cm³/mol. The number of imidazole rings is 1. The summed E-state index contributed by atoms with van der Waals surface area (Å²) in [5.41, 5.74) is 3.17. The average molecular weight is 294 g/mol. The number of aromatic nitrogens is 3. The van der Waals surface area contributed by atoms with Gasteiger partial charge in [0.05, 0.1) is 6.10 Å². The van der Waals surface area contributed by atoms with Crippen LogP contribution in [-0.2, 0) is 11.2 Å². The van der Waals surface area contributed by atoms with Crippen molar-refractivity contribution >= 4 is 22.8 Å². The smallest absolute Gasteiger partial charge is 0.160 e. The summed E-state index contributed by atoms with van der Waals surface area (Å²) in [6, 6.07) is 2.44. The van der Waals surface area contributed by atoms with Crippen LogP contribution in [0.5, 0.6) is 0 Å². The molecule has 2 atom stereocenters. The second kappa shape index (κ2) is 5.70. The number of hydrogen-bond donors (Lipinski definition) is 0. The summed E-state index contributed by atoms with van der Waals surface area (Å²) < 4.78 is 7.79. The van der Waals surface area contributed by atoms with Gasteiger partial charge in [0.1, 0.15) is 11.3 Å². The molecule has 0 radical (unpaired) electrons. The Kier molecular flexibility index (Phi) is 3.94. The van der Waals surface area contributed by atoms with Crippen molar-refractivity contribution in [2.45, 2.75) is 44.8 Å². The minimum atomic E-state index is 0.353. The zero-order valence-electron chi connectivity index (χ0n) is 12.0. The zero-order valence-corrected chi connectivity index (χ0v) is 12.7. The molecule has 4 nitrogen and oxygen atoms in total. The Morgan fingerprint density at radius 2 is 2.30 bits per heavy atom. The van der Waals surface area contributed by atoms with Gasteiger partial charge in [-0.05, 0) is 37.8 Å². The minimum Gasteiger partial charge on any atom is -0.381 e. The second-order valence-electron chi connectivity index (χ2n) is 5.46. The third-order valence-electron chi connectivity index (χ3n) is 4.23. The standard InChI is InChI=1S/C15H20ClN3O/c1-10-6-8-17-15-14(10)18-13(5-7-16)19(15)11-3-4-12(9-11)20-2/h6,8,11-12H,3-5,7,9H2,1-2H3. The van der Waals surface area contributed by atoms with E-state index in [4.69, 9.17) is 21.3 Å². The third kappa shape index (κ3) is 2.31. The number of pyridine rings is 1. The van der Waals surface area contributed by atoms with Crippen molar-refractivity contribution in [2.75, 3.05) is 13.0 Å². The van der Waals surface area contributed by atoms with Crippen LogP contribution in [0.3, 0.4) is 0 Å². The minimum absolute atomic E-state index is 0.353. The van der Waals surface area contributed by atoms with Gasteiger partial charge >= 0.3 is 0 Å². The van der Waals surface area contributed by atoms with Crippen LogP contribution in [0.2, 0.25) is 0 Å². The lowest BCUT2D eigenvalue weighted by Crippen LogP contribution is -2.12. The summed E-state index contributed by atoms with van der Waals surface area (Å²) in [5, 5.41) is 0. The number of methoxy groups -OCH3 is 1. The van der Waals surface area contributed by atoms with Crippen LogP contribution in [0.25, 0.3) is 11.2 Å². The van der Waals surface area contributed by atoms with Crippen LogP contribution in [0.4, 0.5) is 0 Å². The Hall–Kier alpha value is -1.13. The van der Waals surface area contributed by atoms with E-state index in [-0.39, 0.29) is 0 Å². The number of hydrogen-bond acceptors (Lipinski definition) is 3. The highest BCUT2D eigenvalue weighted by atomic mass is 35.5. The molecule has 1 aliphatic carbocycles. The van der Waals surface area contributed by atoms with Gasteiger partial charge in [-0.3, -0.25) is 0 Å². The predicted octanol–water partition coefficient (Wildman–Crippen LogP) is 3.26. The van der Waals surface area contributed by atoms with Gasteiger partial charge in [0.25, 0.3) is 0 Å². The van der Waals surface area contributed by atoms with E-state index in [1.54, 1.807) is 7.11 Å². The lowest BCUT2D eigenvalue weighted by Gasteiger charge is -2.16. The number of rotatable bonds is 4. The van der Waals surface area contributed by atoms with Crippen molar-refractivity contribution < 1.29 is 4.74 Å². The maximum Gasteiger partial charge on any atom is 0.160 e. The molecule has 2 aromatic rings. The van der Waals surface area contributed by atoms with Gasteiger partial charge in [-0.2, -0.15) is 0 Å². The number of fused-ring (bicyclic) bond motifs is 1. The molecule has 0 aliphatic heterocycles. The molecule has 3 rings (SSSR count). The summed E-state index contributed by atoms with van der Waals surface area (Å²) in [5.74, 6) is 1.64. The topological polar surface area (TPSA) is 39.9 Å². The van der Waals surface area contributed by atoms with Crippen LogP contribution in [0, 0.1) is 6.92 Å². The van der Waals surface area contributed by atoms with E-state index >= 15 is 0 Å². The van der Waals surface area contributed by atoms with Crippen molar-refractivity contribution in [1.82, 2.24) is 14.5 Å². The quantitative estimate of drug-likeness (QED) is 0.812. The van der Waals surface area contributed by atoms with Crippen molar-refractivity contribution in [3.8, 4) is 0 Å². The Morgan fingerprint density at radius 3 is 3.00 bits per heavy atom. The van der Waals surface area contributed by atoms with Crippen LogP contribution < -0.4 is 0 Å². The van der Waals surface area contributed by atoms with Gasteiger partial charge in [-0.15, -0.1) is 11.6 Å². The molecule has 2 heterocycles. The van der Waals surface area contributed by atoms with E-state index in [0.29, 0.717) is 18.0 Å². The second-order valence-corrected chi connectivity index (χ2v) is 5.84.